The molecule has 14 heteroatoms. The topological polar surface area (TPSA) is 213 Å². The van der Waals surface area contributed by atoms with E-state index in [1.54, 1.807) is 0 Å². The predicted octanol–water partition coefficient (Wildman–Crippen LogP) is 1.90. The molecule has 1 heterocycles. The third kappa shape index (κ3) is 7.50. The second-order valence-electron chi connectivity index (χ2n) is 16.9. The van der Waals surface area contributed by atoms with Crippen LogP contribution < -0.4 is 0 Å². The Morgan fingerprint density at radius 3 is 2.12 bits per heavy atom. The van der Waals surface area contributed by atoms with Crippen LogP contribution >= 0.6 is 0 Å². The summed E-state index contributed by atoms with van der Waals surface area (Å²) >= 11 is 0. The number of ether oxygens (including phenoxy) is 3. The highest BCUT2D eigenvalue weighted by atomic mass is 32.3. The minimum absolute atomic E-state index is 0.00774. The fraction of sp³-hybridized carbons (Fsp3) is 1.00. The lowest BCUT2D eigenvalue weighted by Gasteiger charge is -2.63. The molecule has 286 valence electrons. The molecule has 4 aliphatic carbocycles. The zero-order valence-corrected chi connectivity index (χ0v) is 30.7. The Morgan fingerprint density at radius 2 is 1.49 bits per heavy atom. The van der Waals surface area contributed by atoms with Gasteiger partial charge in [-0.25, -0.2) is 4.18 Å². The Bertz CT molecular complexity index is 1220. The van der Waals surface area contributed by atoms with Gasteiger partial charge in [0.05, 0.1) is 43.7 Å². The van der Waals surface area contributed by atoms with E-state index in [4.69, 9.17) is 18.4 Å². The molecular formula is C35H62O13S. The Hall–Kier alpha value is -0.490. The van der Waals surface area contributed by atoms with Crippen LogP contribution in [0, 0.1) is 58.2 Å². The largest absolute Gasteiger partial charge is 0.397 e. The van der Waals surface area contributed by atoms with E-state index in [1.165, 1.54) is 7.11 Å². The second kappa shape index (κ2) is 15.1. The summed E-state index contributed by atoms with van der Waals surface area (Å²) in [5.41, 5.74) is -1.04. The molecule has 5 fully saturated rings. The number of aliphatic hydroxyl groups excluding tert-OH is 6. The summed E-state index contributed by atoms with van der Waals surface area (Å²) in [6, 6.07) is 0. The van der Waals surface area contributed by atoms with E-state index in [-0.39, 0.29) is 48.5 Å². The maximum Gasteiger partial charge on any atom is 0.397 e. The molecule has 5 aliphatic rings. The molecule has 0 aromatic heterocycles. The van der Waals surface area contributed by atoms with Gasteiger partial charge in [0.1, 0.15) is 18.3 Å². The van der Waals surface area contributed by atoms with Crippen molar-refractivity contribution in [1.29, 1.82) is 0 Å². The summed E-state index contributed by atoms with van der Waals surface area (Å²) in [6.45, 7) is 11.1. The van der Waals surface area contributed by atoms with Crippen molar-refractivity contribution in [2.24, 2.45) is 58.2 Å². The van der Waals surface area contributed by atoms with E-state index in [0.29, 0.717) is 25.4 Å². The first-order chi connectivity index (χ1) is 22.9. The number of fused-ring (bicyclic) bond motifs is 5. The van der Waals surface area contributed by atoms with Crippen molar-refractivity contribution in [3.8, 4) is 0 Å². The van der Waals surface area contributed by atoms with Crippen molar-refractivity contribution < 1.29 is 62.0 Å². The third-order valence-electron chi connectivity index (χ3n) is 14.1. The van der Waals surface area contributed by atoms with Gasteiger partial charge in [-0.05, 0) is 97.2 Å². The highest BCUT2D eigenvalue weighted by Crippen LogP contribution is 2.68. The van der Waals surface area contributed by atoms with Gasteiger partial charge in [-0.3, -0.25) is 4.55 Å². The average Bonchev–Trinajstić information content (AvgIpc) is 3.22. The molecule has 0 radical (unpaired) electrons. The van der Waals surface area contributed by atoms with Crippen LogP contribution in [0.3, 0.4) is 0 Å². The lowest BCUT2D eigenvalue weighted by molar-refractivity contribution is -0.274. The maximum atomic E-state index is 12.0. The lowest BCUT2D eigenvalue weighted by atomic mass is 9.43. The Kier molecular flexibility index (Phi) is 12.2. The molecule has 0 bridgehead atoms. The monoisotopic (exact) mass is 722 g/mol. The van der Waals surface area contributed by atoms with Gasteiger partial charge in [-0.15, -0.1) is 0 Å². The van der Waals surface area contributed by atoms with Crippen LogP contribution in [-0.2, 0) is 28.8 Å². The van der Waals surface area contributed by atoms with Gasteiger partial charge in [0.25, 0.3) is 0 Å². The molecule has 13 nitrogen and oxygen atoms in total. The summed E-state index contributed by atoms with van der Waals surface area (Å²) in [4.78, 5) is 0. The first kappa shape index (κ1) is 39.7. The van der Waals surface area contributed by atoms with Gasteiger partial charge in [-0.1, -0.05) is 41.0 Å². The van der Waals surface area contributed by atoms with Crippen molar-refractivity contribution in [3.63, 3.8) is 0 Å². The minimum Gasteiger partial charge on any atom is -0.390 e. The molecule has 49 heavy (non-hydrogen) atoms. The normalized spacial score (nSPS) is 48.4. The Labute approximate surface area is 291 Å². The molecule has 7 N–H and O–H groups in total. The predicted molar refractivity (Wildman–Crippen MR) is 177 cm³/mol. The number of rotatable bonds is 12. The second-order valence-corrected chi connectivity index (χ2v) is 18.0. The van der Waals surface area contributed by atoms with E-state index in [2.05, 4.69) is 27.7 Å². The standard InChI is InChI=1S/C35H62O13S/c1-17(2)19(11-14-46-33-32(41)29(38)24(45-6)16-47-33)8-7-18(3)25-30(39)31(40)26-20-15-23(48-49(42,43)44)27-28(37)22(36)10-13-34(27,4)21(20)9-12-35(25,26)5/h17-33,36-41H,7-16H2,1-6H3,(H,42,43,44)/t18-,19-,20-,21?,22+,23+,24-,25?,26?,27?,28+,29+,30-,31+,32-,33-,34-,35-/m1/s1. The molecular weight excluding hydrogens is 660 g/mol. The van der Waals surface area contributed by atoms with Crippen molar-refractivity contribution in [3.05, 3.63) is 0 Å². The van der Waals surface area contributed by atoms with Crippen molar-refractivity contribution in [1.82, 2.24) is 0 Å². The summed E-state index contributed by atoms with van der Waals surface area (Å²) in [7, 11) is -3.41. The van der Waals surface area contributed by atoms with E-state index in [9.17, 15) is 43.6 Å². The molecule has 0 spiro atoms. The van der Waals surface area contributed by atoms with Gasteiger partial charge < -0.3 is 44.8 Å². The first-order valence-corrected chi connectivity index (χ1v) is 19.7. The molecule has 0 aromatic rings. The van der Waals surface area contributed by atoms with E-state index in [1.807, 2.05) is 6.92 Å². The van der Waals surface area contributed by atoms with Crippen molar-refractivity contribution in [2.45, 2.75) is 141 Å². The average molecular weight is 723 g/mol. The van der Waals surface area contributed by atoms with E-state index >= 15 is 0 Å². The summed E-state index contributed by atoms with van der Waals surface area (Å²) in [5.74, 6) is -0.778. The molecule has 5 rings (SSSR count). The number of hydrogen-bond acceptors (Lipinski definition) is 12. The van der Waals surface area contributed by atoms with Crippen molar-refractivity contribution >= 4 is 10.4 Å². The molecule has 1 saturated heterocycles. The molecule has 0 amide bonds. The number of methoxy groups -OCH3 is 1. The molecule has 1 aliphatic heterocycles. The van der Waals surface area contributed by atoms with Crippen molar-refractivity contribution in [2.75, 3.05) is 20.3 Å². The van der Waals surface area contributed by atoms with Crippen LogP contribution in [0.15, 0.2) is 0 Å². The number of hydrogen-bond donors (Lipinski definition) is 7. The van der Waals surface area contributed by atoms with E-state index < -0.39 is 82.3 Å². The van der Waals surface area contributed by atoms with Crippen LogP contribution in [0.1, 0.15) is 86.0 Å². The van der Waals surface area contributed by atoms with E-state index in [0.717, 1.165) is 32.1 Å². The van der Waals surface area contributed by atoms with Gasteiger partial charge in [-0.2, -0.15) is 8.42 Å². The van der Waals surface area contributed by atoms with Gasteiger partial charge >= 0.3 is 10.4 Å². The molecule has 18 atom stereocenters. The van der Waals surface area contributed by atoms with Crippen LogP contribution in [0.25, 0.3) is 0 Å². The molecule has 0 aromatic carbocycles. The quantitative estimate of drug-likeness (QED) is 0.144. The van der Waals surface area contributed by atoms with Crippen LogP contribution in [-0.4, -0.2) is 119 Å². The van der Waals surface area contributed by atoms with Crippen LogP contribution in [0.5, 0.6) is 0 Å². The fourth-order valence-corrected chi connectivity index (χ4v) is 12.2. The summed E-state index contributed by atoms with van der Waals surface area (Å²) in [5, 5.41) is 65.8. The Balaban J connectivity index is 1.27. The van der Waals surface area contributed by atoms with Gasteiger partial charge in [0, 0.05) is 13.0 Å². The molecule has 4 saturated carbocycles. The maximum absolute atomic E-state index is 12.0. The smallest absolute Gasteiger partial charge is 0.390 e. The number of aliphatic hydroxyl groups is 6. The highest BCUT2D eigenvalue weighted by Gasteiger charge is 2.68. The SMILES string of the molecule is CO[C@@H]1CO[C@@H](OCC[C@@H](CC[C@@H](C)C2[C@@H](O)[C@@H](O)C3[C@@H]4C[C@H](OS(=O)(=O)O)C5[C@@H](O)[C@@H](O)CC[C@]5(C)C4CC[C@]23C)C(C)C)[C@H](O)[C@H]1O. The summed E-state index contributed by atoms with van der Waals surface area (Å²) < 4.78 is 55.6. The van der Waals surface area contributed by atoms with Gasteiger partial charge in [0.2, 0.25) is 0 Å². The lowest BCUT2D eigenvalue weighted by Crippen LogP contribution is -2.64. The minimum atomic E-state index is -4.86. The summed E-state index contributed by atoms with van der Waals surface area (Å²) in [6.07, 6.45) is -4.16. The third-order valence-corrected chi connectivity index (χ3v) is 14.6. The zero-order valence-electron chi connectivity index (χ0n) is 29.9. The van der Waals surface area contributed by atoms with Crippen LogP contribution in [0.2, 0.25) is 0 Å². The van der Waals surface area contributed by atoms with Crippen LogP contribution in [0.4, 0.5) is 0 Å². The fourth-order valence-electron chi connectivity index (χ4n) is 11.6. The zero-order chi connectivity index (χ0) is 36.2. The highest BCUT2D eigenvalue weighted by molar-refractivity contribution is 7.80. The molecule has 4 unspecified atom stereocenters. The Morgan fingerprint density at radius 1 is 0.816 bits per heavy atom. The van der Waals surface area contributed by atoms with Gasteiger partial charge in [0.15, 0.2) is 6.29 Å². The first-order valence-electron chi connectivity index (χ1n) is 18.4.